The maximum Gasteiger partial charge on any atom is 0.269 e. The molecule has 0 aliphatic carbocycles. The first-order valence-corrected chi connectivity index (χ1v) is 5.80. The fourth-order valence-electron chi connectivity index (χ4n) is 1.81. The number of benzene rings is 2. The SMILES string of the molecule is N#CC(c1cccc([N+](=O)[O-])c1)N(O)c1ccccc1. The number of non-ortho nitro benzene ring substituents is 1. The number of nitro groups is 1. The Morgan fingerprint density at radius 2 is 1.90 bits per heavy atom. The van der Waals surface area contributed by atoms with Gasteiger partial charge in [0, 0.05) is 12.1 Å². The van der Waals surface area contributed by atoms with E-state index in [1.165, 1.54) is 18.2 Å². The van der Waals surface area contributed by atoms with Crippen molar-refractivity contribution in [1.29, 1.82) is 5.26 Å². The first-order valence-electron chi connectivity index (χ1n) is 5.80. The molecular formula is C14H11N3O3. The van der Waals surface area contributed by atoms with Crippen LogP contribution in [0.25, 0.3) is 0 Å². The third-order valence-corrected chi connectivity index (χ3v) is 2.78. The molecule has 0 aliphatic heterocycles. The van der Waals surface area contributed by atoms with Crippen LogP contribution in [0.15, 0.2) is 54.6 Å². The summed E-state index contributed by atoms with van der Waals surface area (Å²) in [7, 11) is 0. The maximum atomic E-state index is 10.8. The molecule has 0 saturated heterocycles. The van der Waals surface area contributed by atoms with Gasteiger partial charge in [-0.05, 0) is 17.7 Å². The first-order chi connectivity index (χ1) is 9.63. The molecule has 0 amide bonds. The van der Waals surface area contributed by atoms with Gasteiger partial charge in [-0.2, -0.15) is 5.26 Å². The summed E-state index contributed by atoms with van der Waals surface area (Å²) in [5.74, 6) is 0. The summed E-state index contributed by atoms with van der Waals surface area (Å²) in [5.41, 5.74) is 0.669. The number of para-hydroxylation sites is 1. The number of hydroxylamine groups is 1. The Morgan fingerprint density at radius 1 is 1.20 bits per heavy atom. The van der Waals surface area contributed by atoms with E-state index in [0.29, 0.717) is 11.3 Å². The van der Waals surface area contributed by atoms with Gasteiger partial charge in [0.05, 0.1) is 16.7 Å². The van der Waals surface area contributed by atoms with Gasteiger partial charge in [-0.25, -0.2) is 5.06 Å². The van der Waals surface area contributed by atoms with E-state index in [1.54, 1.807) is 36.4 Å². The summed E-state index contributed by atoms with van der Waals surface area (Å²) in [6, 6.07) is 15.1. The second-order valence-corrected chi connectivity index (χ2v) is 4.06. The van der Waals surface area contributed by atoms with E-state index in [4.69, 9.17) is 0 Å². The van der Waals surface area contributed by atoms with Crippen LogP contribution in [0, 0.1) is 21.4 Å². The van der Waals surface area contributed by atoms with E-state index in [-0.39, 0.29) is 5.69 Å². The predicted molar refractivity (Wildman–Crippen MR) is 72.2 cm³/mol. The van der Waals surface area contributed by atoms with Crippen LogP contribution in [0.5, 0.6) is 0 Å². The molecule has 6 nitrogen and oxygen atoms in total. The second kappa shape index (κ2) is 5.82. The molecule has 1 atom stereocenters. The molecule has 0 aromatic heterocycles. The average Bonchev–Trinajstić information content (AvgIpc) is 2.49. The van der Waals surface area contributed by atoms with Crippen LogP contribution in [0.2, 0.25) is 0 Å². The van der Waals surface area contributed by atoms with Crippen LogP contribution in [-0.4, -0.2) is 10.1 Å². The first kappa shape index (κ1) is 13.5. The van der Waals surface area contributed by atoms with E-state index in [0.717, 1.165) is 5.06 Å². The molecule has 0 aliphatic rings. The molecule has 1 N–H and O–H groups in total. The molecule has 20 heavy (non-hydrogen) atoms. The highest BCUT2D eigenvalue weighted by molar-refractivity contribution is 5.49. The molecule has 0 radical (unpaired) electrons. The number of nitriles is 1. The molecule has 6 heteroatoms. The maximum absolute atomic E-state index is 10.8. The zero-order valence-corrected chi connectivity index (χ0v) is 10.4. The molecule has 0 heterocycles. The highest BCUT2D eigenvalue weighted by atomic mass is 16.6. The highest BCUT2D eigenvalue weighted by Crippen LogP contribution is 2.26. The lowest BCUT2D eigenvalue weighted by Gasteiger charge is -2.22. The van der Waals surface area contributed by atoms with Gasteiger partial charge in [0.2, 0.25) is 0 Å². The Bertz CT molecular complexity index is 652. The van der Waals surface area contributed by atoms with Crippen molar-refractivity contribution in [2.24, 2.45) is 0 Å². The highest BCUT2D eigenvalue weighted by Gasteiger charge is 2.21. The Balaban J connectivity index is 2.36. The van der Waals surface area contributed by atoms with Gasteiger partial charge in [-0.3, -0.25) is 15.3 Å². The largest absolute Gasteiger partial charge is 0.287 e. The Hall–Kier alpha value is -2.91. The van der Waals surface area contributed by atoms with E-state index in [9.17, 15) is 20.6 Å². The molecular weight excluding hydrogens is 258 g/mol. The van der Waals surface area contributed by atoms with Crippen LogP contribution in [0.3, 0.4) is 0 Å². The normalized spacial score (nSPS) is 11.4. The number of rotatable bonds is 4. The lowest BCUT2D eigenvalue weighted by atomic mass is 10.1. The Morgan fingerprint density at radius 3 is 2.50 bits per heavy atom. The van der Waals surface area contributed by atoms with Crippen molar-refractivity contribution in [2.45, 2.75) is 6.04 Å². The summed E-state index contributed by atoms with van der Waals surface area (Å²) in [6.45, 7) is 0. The zero-order chi connectivity index (χ0) is 14.5. The Kier molecular flexibility index (Phi) is 3.93. The van der Waals surface area contributed by atoms with Crippen LogP contribution in [0.1, 0.15) is 11.6 Å². The van der Waals surface area contributed by atoms with Crippen molar-refractivity contribution in [3.05, 3.63) is 70.3 Å². The van der Waals surface area contributed by atoms with Crippen molar-refractivity contribution in [3.63, 3.8) is 0 Å². The third-order valence-electron chi connectivity index (χ3n) is 2.78. The van der Waals surface area contributed by atoms with Crippen molar-refractivity contribution in [3.8, 4) is 6.07 Å². The minimum Gasteiger partial charge on any atom is -0.287 e. The molecule has 1 unspecified atom stereocenters. The molecule has 100 valence electrons. The Labute approximate surface area is 115 Å². The fourth-order valence-corrected chi connectivity index (χ4v) is 1.81. The van der Waals surface area contributed by atoms with E-state index in [2.05, 4.69) is 0 Å². The molecule has 2 aromatic rings. The second-order valence-electron chi connectivity index (χ2n) is 4.06. The molecule has 0 fully saturated rings. The van der Waals surface area contributed by atoms with Gasteiger partial charge in [0.1, 0.15) is 0 Å². The summed E-state index contributed by atoms with van der Waals surface area (Å²) in [5, 5.41) is 30.9. The van der Waals surface area contributed by atoms with E-state index in [1.807, 2.05) is 6.07 Å². The number of hydrogen-bond acceptors (Lipinski definition) is 5. The average molecular weight is 269 g/mol. The van der Waals surface area contributed by atoms with Crippen LogP contribution in [0.4, 0.5) is 11.4 Å². The van der Waals surface area contributed by atoms with Gasteiger partial charge in [-0.15, -0.1) is 0 Å². The minimum absolute atomic E-state index is 0.121. The summed E-state index contributed by atoms with van der Waals surface area (Å²) in [6.07, 6.45) is 0. The molecule has 2 rings (SSSR count). The van der Waals surface area contributed by atoms with Crippen molar-refractivity contribution >= 4 is 11.4 Å². The molecule has 0 bridgehead atoms. The smallest absolute Gasteiger partial charge is 0.269 e. The zero-order valence-electron chi connectivity index (χ0n) is 10.4. The standard InChI is InChI=1S/C14H11N3O3/c15-10-14(16(18)12-6-2-1-3-7-12)11-5-4-8-13(9-11)17(19)20/h1-9,14,18H. The van der Waals surface area contributed by atoms with Crippen molar-refractivity contribution < 1.29 is 10.1 Å². The number of nitro benzene ring substituents is 1. The number of nitrogens with zero attached hydrogens (tertiary/aromatic N) is 3. The third kappa shape index (κ3) is 2.74. The van der Waals surface area contributed by atoms with Crippen molar-refractivity contribution in [2.75, 3.05) is 5.06 Å². The van der Waals surface area contributed by atoms with Gasteiger partial charge in [-0.1, -0.05) is 30.3 Å². The minimum atomic E-state index is -1.02. The predicted octanol–water partition coefficient (Wildman–Crippen LogP) is 3.06. The lowest BCUT2D eigenvalue weighted by molar-refractivity contribution is -0.384. The van der Waals surface area contributed by atoms with Crippen LogP contribution < -0.4 is 5.06 Å². The van der Waals surface area contributed by atoms with E-state index < -0.39 is 11.0 Å². The van der Waals surface area contributed by atoms with Crippen molar-refractivity contribution in [1.82, 2.24) is 0 Å². The topological polar surface area (TPSA) is 90.4 Å². The number of hydrogen-bond donors (Lipinski definition) is 1. The lowest BCUT2D eigenvalue weighted by Crippen LogP contribution is -2.23. The summed E-state index contributed by atoms with van der Waals surface area (Å²) >= 11 is 0. The fraction of sp³-hybridized carbons (Fsp3) is 0.0714. The van der Waals surface area contributed by atoms with Gasteiger partial charge < -0.3 is 0 Å². The monoisotopic (exact) mass is 269 g/mol. The molecule has 0 saturated carbocycles. The quantitative estimate of drug-likeness (QED) is 0.680. The summed E-state index contributed by atoms with van der Waals surface area (Å²) in [4.78, 5) is 10.2. The van der Waals surface area contributed by atoms with Gasteiger partial charge in [0.15, 0.2) is 6.04 Å². The van der Waals surface area contributed by atoms with Gasteiger partial charge >= 0.3 is 0 Å². The molecule has 2 aromatic carbocycles. The molecule has 0 spiro atoms. The summed E-state index contributed by atoms with van der Waals surface area (Å²) < 4.78 is 0. The number of anilines is 1. The van der Waals surface area contributed by atoms with E-state index >= 15 is 0 Å². The van der Waals surface area contributed by atoms with Crippen LogP contribution >= 0.6 is 0 Å². The van der Waals surface area contributed by atoms with Crippen LogP contribution in [-0.2, 0) is 0 Å². The van der Waals surface area contributed by atoms with Gasteiger partial charge in [0.25, 0.3) is 5.69 Å².